The summed E-state index contributed by atoms with van der Waals surface area (Å²) in [4.78, 5) is 27.4. The summed E-state index contributed by atoms with van der Waals surface area (Å²) in [5.74, 6) is -0.108. The lowest BCUT2D eigenvalue weighted by molar-refractivity contribution is -0.124. The molecule has 1 atom stereocenters. The van der Waals surface area contributed by atoms with E-state index < -0.39 is 21.0 Å². The predicted octanol–water partition coefficient (Wildman–Crippen LogP) is 0.764. The van der Waals surface area contributed by atoms with Gasteiger partial charge >= 0.3 is 0 Å². The van der Waals surface area contributed by atoms with Crippen LogP contribution in [0.1, 0.15) is 36.5 Å². The number of ether oxygens (including phenoxy) is 2. The largest absolute Gasteiger partial charge is 0.484 e. The van der Waals surface area contributed by atoms with E-state index >= 15 is 0 Å². The fourth-order valence-electron chi connectivity index (χ4n) is 4.38. The van der Waals surface area contributed by atoms with Gasteiger partial charge in [0.2, 0.25) is 5.91 Å². The average Bonchev–Trinajstić information content (AvgIpc) is 2.88. The SMILES string of the molecule is CC1(NC(=O)CN2CC3(CCOCC3)Oc3ccccc3C2=O)CCS(=O)(=O)C1. The van der Waals surface area contributed by atoms with E-state index in [4.69, 9.17) is 9.47 Å². The van der Waals surface area contributed by atoms with E-state index in [0.29, 0.717) is 43.8 Å². The van der Waals surface area contributed by atoms with Gasteiger partial charge in [0.25, 0.3) is 5.91 Å². The fourth-order valence-corrected chi connectivity index (χ4v) is 6.47. The Kier molecular flexibility index (Phi) is 5.06. The van der Waals surface area contributed by atoms with Crippen LogP contribution in [0.25, 0.3) is 0 Å². The summed E-state index contributed by atoms with van der Waals surface area (Å²) in [5, 5.41) is 2.84. The fraction of sp³-hybridized carbons (Fsp3) is 0.600. The molecule has 2 saturated heterocycles. The molecule has 158 valence electrons. The van der Waals surface area contributed by atoms with Crippen molar-refractivity contribution in [2.75, 3.05) is 37.8 Å². The third-order valence-electron chi connectivity index (χ3n) is 5.89. The minimum Gasteiger partial charge on any atom is -0.484 e. The molecular weight excluding hydrogens is 396 g/mol. The Hall–Kier alpha value is -2.13. The van der Waals surface area contributed by atoms with Crippen molar-refractivity contribution in [2.45, 2.75) is 37.3 Å². The summed E-state index contributed by atoms with van der Waals surface area (Å²) in [6, 6.07) is 7.07. The molecule has 0 aromatic heterocycles. The van der Waals surface area contributed by atoms with Crippen molar-refractivity contribution in [3.8, 4) is 5.75 Å². The van der Waals surface area contributed by atoms with Crippen molar-refractivity contribution in [1.29, 1.82) is 0 Å². The minimum atomic E-state index is -3.14. The summed E-state index contributed by atoms with van der Waals surface area (Å²) in [6.07, 6.45) is 1.63. The zero-order valence-electron chi connectivity index (χ0n) is 16.5. The standard InChI is InChI=1S/C20H26N2O6S/c1-19(8-11-29(25,26)14-19)21-17(23)12-22-13-20(6-9-27-10-7-20)28-16-5-3-2-4-15(16)18(22)24/h2-5H,6-14H2,1H3,(H,21,23). The van der Waals surface area contributed by atoms with E-state index in [9.17, 15) is 18.0 Å². The number of hydrogen-bond acceptors (Lipinski definition) is 6. The monoisotopic (exact) mass is 422 g/mol. The highest BCUT2D eigenvalue weighted by Crippen LogP contribution is 2.35. The molecule has 1 unspecified atom stereocenters. The summed E-state index contributed by atoms with van der Waals surface area (Å²) >= 11 is 0. The van der Waals surface area contributed by atoms with E-state index in [1.54, 1.807) is 25.1 Å². The van der Waals surface area contributed by atoms with Crippen molar-refractivity contribution >= 4 is 21.7 Å². The number of hydrogen-bond donors (Lipinski definition) is 1. The minimum absolute atomic E-state index is 0.0662. The Morgan fingerprint density at radius 2 is 1.93 bits per heavy atom. The first kappa shape index (κ1) is 20.2. The van der Waals surface area contributed by atoms with Gasteiger partial charge in [-0.2, -0.15) is 0 Å². The van der Waals surface area contributed by atoms with Gasteiger partial charge in [0.05, 0.1) is 42.4 Å². The maximum atomic E-state index is 13.2. The number of amides is 2. The number of fused-ring (bicyclic) bond motifs is 1. The number of benzene rings is 1. The van der Waals surface area contributed by atoms with Crippen molar-refractivity contribution in [1.82, 2.24) is 10.2 Å². The van der Waals surface area contributed by atoms with Gasteiger partial charge in [-0.3, -0.25) is 9.59 Å². The molecule has 1 aromatic carbocycles. The Morgan fingerprint density at radius 3 is 2.62 bits per heavy atom. The predicted molar refractivity (Wildman–Crippen MR) is 106 cm³/mol. The van der Waals surface area contributed by atoms with Crippen LogP contribution in [0.15, 0.2) is 24.3 Å². The molecule has 0 radical (unpaired) electrons. The van der Waals surface area contributed by atoms with E-state index in [2.05, 4.69) is 5.32 Å². The Bertz CT molecular complexity index is 925. The number of rotatable bonds is 3. The summed E-state index contributed by atoms with van der Waals surface area (Å²) in [5.41, 5.74) is -0.963. The Morgan fingerprint density at radius 1 is 1.21 bits per heavy atom. The quantitative estimate of drug-likeness (QED) is 0.772. The van der Waals surface area contributed by atoms with Gasteiger partial charge < -0.3 is 19.7 Å². The van der Waals surface area contributed by atoms with Gasteiger partial charge in [-0.05, 0) is 25.5 Å². The van der Waals surface area contributed by atoms with Gasteiger partial charge in [0, 0.05) is 12.8 Å². The molecule has 0 saturated carbocycles. The second-order valence-corrected chi connectivity index (χ2v) is 10.7. The molecule has 29 heavy (non-hydrogen) atoms. The number of sulfone groups is 1. The van der Waals surface area contributed by atoms with Crippen molar-refractivity contribution in [3.05, 3.63) is 29.8 Å². The normalized spacial score (nSPS) is 27.8. The van der Waals surface area contributed by atoms with Gasteiger partial charge in [-0.1, -0.05) is 12.1 Å². The van der Waals surface area contributed by atoms with Crippen LogP contribution in [0.5, 0.6) is 5.75 Å². The maximum absolute atomic E-state index is 13.2. The highest BCUT2D eigenvalue weighted by atomic mass is 32.2. The third kappa shape index (κ3) is 4.25. The van der Waals surface area contributed by atoms with Crippen LogP contribution in [-0.2, 0) is 19.4 Å². The lowest BCUT2D eigenvalue weighted by Gasteiger charge is -2.38. The second kappa shape index (κ2) is 7.28. The zero-order chi connectivity index (χ0) is 20.7. The summed E-state index contributed by atoms with van der Waals surface area (Å²) < 4.78 is 35.4. The Balaban J connectivity index is 1.55. The number of carbonyl (C=O) groups is 2. The first-order valence-corrected chi connectivity index (χ1v) is 11.7. The molecule has 2 amide bonds. The lowest BCUT2D eigenvalue weighted by Crippen LogP contribution is -2.55. The van der Waals surface area contributed by atoms with Gasteiger partial charge in [0.15, 0.2) is 9.84 Å². The van der Waals surface area contributed by atoms with Crippen LogP contribution in [0, 0.1) is 0 Å². The van der Waals surface area contributed by atoms with Crippen LogP contribution in [0.4, 0.5) is 0 Å². The lowest BCUT2D eigenvalue weighted by atomic mass is 9.93. The molecule has 1 spiro atoms. The zero-order valence-corrected chi connectivity index (χ0v) is 17.3. The van der Waals surface area contributed by atoms with Crippen LogP contribution in [-0.4, -0.2) is 74.1 Å². The molecular formula is C20H26N2O6S. The number of nitrogens with one attached hydrogen (secondary N) is 1. The van der Waals surface area contributed by atoms with Gasteiger partial charge in [-0.25, -0.2) is 8.42 Å². The van der Waals surface area contributed by atoms with E-state index in [-0.39, 0.29) is 36.4 Å². The number of nitrogens with zero attached hydrogens (tertiary/aromatic N) is 1. The summed E-state index contributed by atoms with van der Waals surface area (Å²) in [6.45, 7) is 2.94. The molecule has 0 bridgehead atoms. The Labute approximate surface area is 170 Å². The van der Waals surface area contributed by atoms with E-state index in [0.717, 1.165) is 0 Å². The highest BCUT2D eigenvalue weighted by Gasteiger charge is 2.43. The van der Waals surface area contributed by atoms with Crippen LogP contribution in [0.3, 0.4) is 0 Å². The van der Waals surface area contributed by atoms with Crippen molar-refractivity contribution < 1.29 is 27.5 Å². The molecule has 3 aliphatic rings. The van der Waals surface area contributed by atoms with E-state index in [1.807, 2.05) is 6.07 Å². The highest BCUT2D eigenvalue weighted by molar-refractivity contribution is 7.91. The summed E-state index contributed by atoms with van der Waals surface area (Å²) in [7, 11) is -3.14. The molecule has 3 heterocycles. The van der Waals surface area contributed by atoms with Gasteiger partial charge in [-0.15, -0.1) is 0 Å². The topological polar surface area (TPSA) is 102 Å². The first-order valence-electron chi connectivity index (χ1n) is 9.86. The smallest absolute Gasteiger partial charge is 0.258 e. The maximum Gasteiger partial charge on any atom is 0.258 e. The average molecular weight is 423 g/mol. The molecule has 4 rings (SSSR count). The molecule has 2 fully saturated rings. The number of para-hydroxylation sites is 1. The van der Waals surface area contributed by atoms with Crippen LogP contribution in [0.2, 0.25) is 0 Å². The molecule has 0 aliphatic carbocycles. The molecule has 8 nitrogen and oxygen atoms in total. The van der Waals surface area contributed by atoms with Crippen LogP contribution >= 0.6 is 0 Å². The van der Waals surface area contributed by atoms with Crippen molar-refractivity contribution in [3.63, 3.8) is 0 Å². The van der Waals surface area contributed by atoms with Crippen LogP contribution < -0.4 is 10.1 Å². The third-order valence-corrected chi connectivity index (χ3v) is 7.80. The van der Waals surface area contributed by atoms with Crippen molar-refractivity contribution in [2.24, 2.45) is 0 Å². The first-order chi connectivity index (χ1) is 13.7. The molecule has 1 aromatic rings. The number of carbonyl (C=O) groups excluding carboxylic acids is 2. The van der Waals surface area contributed by atoms with Gasteiger partial charge in [0.1, 0.15) is 17.9 Å². The second-order valence-electron chi connectivity index (χ2n) is 8.51. The molecule has 3 aliphatic heterocycles. The van der Waals surface area contributed by atoms with E-state index in [1.165, 1.54) is 4.90 Å². The molecule has 1 N–H and O–H groups in total. The molecule has 9 heteroatoms.